The summed E-state index contributed by atoms with van der Waals surface area (Å²) in [5.74, 6) is -2.25. The Morgan fingerprint density at radius 1 is 0.900 bits per heavy atom. The van der Waals surface area contributed by atoms with Crippen molar-refractivity contribution >= 4 is 35.5 Å². The van der Waals surface area contributed by atoms with Gasteiger partial charge in [0.05, 0.1) is 6.04 Å². The van der Waals surface area contributed by atoms with Crippen LogP contribution in [0.3, 0.4) is 0 Å². The van der Waals surface area contributed by atoms with Gasteiger partial charge < -0.3 is 32.5 Å². The second-order valence-electron chi connectivity index (χ2n) is 7.53. The maximum absolute atomic E-state index is 12.7. The van der Waals surface area contributed by atoms with Gasteiger partial charge in [0.15, 0.2) is 0 Å². The number of nitrogens with one attached hydrogen (secondary N) is 3. The maximum Gasteiger partial charge on any atom is 0.326 e. The fourth-order valence-electron chi connectivity index (χ4n) is 2.50. The van der Waals surface area contributed by atoms with E-state index >= 15 is 0 Å². The second-order valence-corrected chi connectivity index (χ2v) is 8.51. The van der Waals surface area contributed by atoms with E-state index in [-0.39, 0.29) is 12.3 Å². The van der Waals surface area contributed by atoms with Gasteiger partial charge in [-0.05, 0) is 57.1 Å². The predicted molar refractivity (Wildman–Crippen MR) is 118 cm³/mol. The molecular formula is C19H37N5O5S. The van der Waals surface area contributed by atoms with Crippen LogP contribution in [0.2, 0.25) is 0 Å². The zero-order chi connectivity index (χ0) is 23.3. The standard InChI is InChI=1S/C19H37N5O5S/c1-11(2)15(21)18(27)23-13(7-5-6-9-20)17(26)22-12(3)16(25)24-14(19(28)29)8-10-30-4/h11-15H,5-10,20-21H2,1-4H3,(H,22,26)(H,23,27)(H,24,25)(H,28,29). The lowest BCUT2D eigenvalue weighted by molar-refractivity contribution is -0.142. The number of carboxylic acid groups (broad SMARTS) is 1. The summed E-state index contributed by atoms with van der Waals surface area (Å²) in [4.78, 5) is 48.6. The van der Waals surface area contributed by atoms with Crippen LogP contribution >= 0.6 is 11.8 Å². The van der Waals surface area contributed by atoms with Crippen LogP contribution in [0.4, 0.5) is 0 Å². The van der Waals surface area contributed by atoms with Gasteiger partial charge in [0, 0.05) is 0 Å². The highest BCUT2D eigenvalue weighted by Crippen LogP contribution is 2.05. The number of thioether (sulfide) groups is 1. The fraction of sp³-hybridized carbons (Fsp3) is 0.789. The number of rotatable bonds is 15. The molecule has 0 saturated heterocycles. The van der Waals surface area contributed by atoms with Gasteiger partial charge in [-0.3, -0.25) is 14.4 Å². The van der Waals surface area contributed by atoms with Crippen LogP contribution in [0, 0.1) is 5.92 Å². The van der Waals surface area contributed by atoms with Crippen LogP contribution in [0.1, 0.15) is 46.5 Å². The van der Waals surface area contributed by atoms with Crippen LogP contribution in [-0.2, 0) is 19.2 Å². The van der Waals surface area contributed by atoms with Crippen molar-refractivity contribution < 1.29 is 24.3 Å². The van der Waals surface area contributed by atoms with Gasteiger partial charge in [0.1, 0.15) is 18.1 Å². The highest BCUT2D eigenvalue weighted by atomic mass is 32.2. The molecule has 3 amide bonds. The minimum absolute atomic E-state index is 0.100. The summed E-state index contributed by atoms with van der Waals surface area (Å²) >= 11 is 1.47. The Labute approximate surface area is 182 Å². The molecule has 0 aliphatic carbocycles. The molecule has 0 saturated carbocycles. The van der Waals surface area contributed by atoms with Gasteiger partial charge in [-0.25, -0.2) is 4.79 Å². The van der Waals surface area contributed by atoms with Crippen LogP contribution in [0.25, 0.3) is 0 Å². The lowest BCUT2D eigenvalue weighted by Crippen LogP contribution is -2.56. The van der Waals surface area contributed by atoms with Crippen molar-refractivity contribution in [3.05, 3.63) is 0 Å². The zero-order valence-corrected chi connectivity index (χ0v) is 19.1. The average molecular weight is 448 g/mol. The topological polar surface area (TPSA) is 177 Å². The van der Waals surface area contributed by atoms with Gasteiger partial charge in [-0.2, -0.15) is 11.8 Å². The van der Waals surface area contributed by atoms with Gasteiger partial charge in [0.25, 0.3) is 0 Å². The molecule has 0 aromatic carbocycles. The summed E-state index contributed by atoms with van der Waals surface area (Å²) in [7, 11) is 0. The first-order valence-electron chi connectivity index (χ1n) is 10.1. The normalized spacial score (nSPS) is 15.0. The molecule has 4 atom stereocenters. The van der Waals surface area contributed by atoms with Crippen molar-refractivity contribution in [3.8, 4) is 0 Å². The van der Waals surface area contributed by atoms with E-state index in [2.05, 4.69) is 16.0 Å². The number of aliphatic carboxylic acids is 1. The van der Waals surface area contributed by atoms with E-state index < -0.39 is 47.9 Å². The molecule has 0 spiro atoms. The van der Waals surface area contributed by atoms with Crippen LogP contribution in [0.15, 0.2) is 0 Å². The van der Waals surface area contributed by atoms with E-state index in [9.17, 15) is 24.3 Å². The minimum Gasteiger partial charge on any atom is -0.480 e. The molecule has 0 radical (unpaired) electrons. The number of hydrogen-bond donors (Lipinski definition) is 6. The molecule has 0 rings (SSSR count). The number of carbonyl (C=O) groups is 4. The largest absolute Gasteiger partial charge is 0.480 e. The molecule has 0 aliphatic heterocycles. The van der Waals surface area contributed by atoms with Crippen molar-refractivity contribution in [2.24, 2.45) is 17.4 Å². The number of carboxylic acids is 1. The molecule has 0 aromatic rings. The van der Waals surface area contributed by atoms with Crippen molar-refractivity contribution in [2.45, 2.75) is 70.6 Å². The monoisotopic (exact) mass is 447 g/mol. The molecule has 30 heavy (non-hydrogen) atoms. The molecule has 4 unspecified atom stereocenters. The van der Waals surface area contributed by atoms with E-state index in [1.807, 2.05) is 6.26 Å². The quantitative estimate of drug-likeness (QED) is 0.180. The van der Waals surface area contributed by atoms with E-state index in [1.54, 1.807) is 13.8 Å². The molecule has 174 valence electrons. The Kier molecular flexibility index (Phi) is 14.1. The van der Waals surface area contributed by atoms with E-state index in [0.29, 0.717) is 31.6 Å². The van der Waals surface area contributed by atoms with E-state index in [1.165, 1.54) is 18.7 Å². The van der Waals surface area contributed by atoms with E-state index in [4.69, 9.17) is 11.5 Å². The molecule has 0 heterocycles. The zero-order valence-electron chi connectivity index (χ0n) is 18.3. The fourth-order valence-corrected chi connectivity index (χ4v) is 2.97. The number of unbranched alkanes of at least 4 members (excludes halogenated alkanes) is 1. The smallest absolute Gasteiger partial charge is 0.326 e. The predicted octanol–water partition coefficient (Wildman–Crippen LogP) is -0.589. The first-order valence-corrected chi connectivity index (χ1v) is 11.5. The van der Waals surface area contributed by atoms with Crippen molar-refractivity contribution in [1.29, 1.82) is 0 Å². The molecule has 10 nitrogen and oxygen atoms in total. The number of nitrogens with two attached hydrogens (primary N) is 2. The Bertz CT molecular complexity index is 576. The summed E-state index contributed by atoms with van der Waals surface area (Å²) < 4.78 is 0. The van der Waals surface area contributed by atoms with Gasteiger partial charge in [-0.1, -0.05) is 13.8 Å². The summed E-state index contributed by atoms with van der Waals surface area (Å²) in [6, 6.07) is -3.63. The Morgan fingerprint density at radius 2 is 1.50 bits per heavy atom. The van der Waals surface area contributed by atoms with Crippen LogP contribution in [-0.4, -0.2) is 71.5 Å². The molecule has 11 heteroatoms. The Hall–Kier alpha value is -1.85. The summed E-state index contributed by atoms with van der Waals surface area (Å²) in [6.45, 7) is 5.52. The number of hydrogen-bond acceptors (Lipinski definition) is 7. The maximum atomic E-state index is 12.7. The molecule has 0 bridgehead atoms. The third kappa shape index (κ3) is 10.8. The SMILES string of the molecule is CSCCC(NC(=O)C(C)NC(=O)C(CCCCN)NC(=O)C(N)C(C)C)C(=O)O. The molecule has 0 aliphatic rings. The summed E-state index contributed by atoms with van der Waals surface area (Å²) in [5.41, 5.74) is 11.3. The summed E-state index contributed by atoms with van der Waals surface area (Å²) in [6.07, 6.45) is 3.75. The van der Waals surface area contributed by atoms with Crippen molar-refractivity contribution in [1.82, 2.24) is 16.0 Å². The molecular weight excluding hydrogens is 410 g/mol. The van der Waals surface area contributed by atoms with Crippen LogP contribution < -0.4 is 27.4 Å². The third-order valence-corrected chi connectivity index (χ3v) is 5.22. The Balaban J connectivity index is 5.01. The molecule has 0 fully saturated rings. The number of carbonyl (C=O) groups excluding carboxylic acids is 3. The van der Waals surface area contributed by atoms with Crippen LogP contribution in [0.5, 0.6) is 0 Å². The summed E-state index contributed by atoms with van der Waals surface area (Å²) in [5, 5.41) is 16.9. The first-order chi connectivity index (χ1) is 14.0. The van der Waals surface area contributed by atoms with Gasteiger partial charge >= 0.3 is 5.97 Å². The Morgan fingerprint density at radius 3 is 2.00 bits per heavy atom. The van der Waals surface area contributed by atoms with Gasteiger partial charge in [0.2, 0.25) is 17.7 Å². The lowest BCUT2D eigenvalue weighted by atomic mass is 10.0. The highest BCUT2D eigenvalue weighted by Gasteiger charge is 2.28. The van der Waals surface area contributed by atoms with Crippen molar-refractivity contribution in [3.63, 3.8) is 0 Å². The molecule has 0 aromatic heterocycles. The van der Waals surface area contributed by atoms with Crippen molar-refractivity contribution in [2.75, 3.05) is 18.6 Å². The average Bonchev–Trinajstić information content (AvgIpc) is 2.68. The second kappa shape index (κ2) is 15.0. The first kappa shape index (κ1) is 28.1. The van der Waals surface area contributed by atoms with Gasteiger partial charge in [-0.15, -0.1) is 0 Å². The van der Waals surface area contributed by atoms with E-state index in [0.717, 1.165) is 0 Å². The third-order valence-electron chi connectivity index (χ3n) is 4.58. The number of amides is 3. The minimum atomic E-state index is -1.13. The molecule has 8 N–H and O–H groups in total. The lowest BCUT2D eigenvalue weighted by Gasteiger charge is -2.24. The highest BCUT2D eigenvalue weighted by molar-refractivity contribution is 7.98.